The van der Waals surface area contributed by atoms with Crippen molar-refractivity contribution < 1.29 is 36.0 Å². The molecule has 0 aliphatic heterocycles. The van der Waals surface area contributed by atoms with Crippen LogP contribution in [-0.2, 0) is 22.1 Å². The number of pyridine rings is 1. The third kappa shape index (κ3) is 4.38. The molecule has 0 amide bonds. The SMILES string of the molecule is CCOC(=O)c1cn(CC(F)S(=O)c2ccc(OC)cc2)c2c(F)c(F)c(F)cc2c1=O. The second-order valence-corrected chi connectivity index (χ2v) is 8.09. The minimum Gasteiger partial charge on any atom is -0.497 e. The Bertz CT molecular complexity index is 1260. The number of carbonyl (C=O) groups is 1. The summed E-state index contributed by atoms with van der Waals surface area (Å²) in [5, 5.41) is -0.686. The van der Waals surface area contributed by atoms with Gasteiger partial charge in [0.1, 0.15) is 11.3 Å². The van der Waals surface area contributed by atoms with Crippen molar-refractivity contribution in [2.24, 2.45) is 0 Å². The molecular weight excluding hydrogens is 454 g/mol. The number of rotatable bonds is 7. The fourth-order valence-electron chi connectivity index (χ4n) is 3.04. The van der Waals surface area contributed by atoms with Gasteiger partial charge in [-0.3, -0.25) is 9.00 Å². The first-order valence-electron chi connectivity index (χ1n) is 9.26. The van der Waals surface area contributed by atoms with Crippen LogP contribution in [0.3, 0.4) is 0 Å². The van der Waals surface area contributed by atoms with Crippen molar-refractivity contribution >= 4 is 27.7 Å². The molecule has 32 heavy (non-hydrogen) atoms. The van der Waals surface area contributed by atoms with Gasteiger partial charge in [-0.25, -0.2) is 22.4 Å². The summed E-state index contributed by atoms with van der Waals surface area (Å²) in [5.41, 5.74) is -4.67. The van der Waals surface area contributed by atoms with Gasteiger partial charge in [-0.1, -0.05) is 0 Å². The topological polar surface area (TPSA) is 74.6 Å². The van der Waals surface area contributed by atoms with E-state index in [0.717, 1.165) is 6.20 Å². The zero-order valence-corrected chi connectivity index (χ0v) is 17.7. The molecule has 0 radical (unpaired) electrons. The summed E-state index contributed by atoms with van der Waals surface area (Å²) in [7, 11) is -0.832. The standard InChI is InChI=1S/C21H17F4NO5S/c1-3-31-21(28)14-9-26(19-13(20(14)27)8-15(22)17(24)18(19)25)10-16(23)32(29)12-6-4-11(30-2)5-7-12/h4-9,16H,3,10H2,1-2H3. The quantitative estimate of drug-likeness (QED) is 0.298. The summed E-state index contributed by atoms with van der Waals surface area (Å²) in [5.74, 6) is -5.93. The Morgan fingerprint density at radius 3 is 2.41 bits per heavy atom. The number of aromatic nitrogens is 1. The van der Waals surface area contributed by atoms with Crippen molar-refractivity contribution in [2.75, 3.05) is 13.7 Å². The number of alkyl halides is 1. The van der Waals surface area contributed by atoms with Gasteiger partial charge in [0.2, 0.25) is 5.43 Å². The van der Waals surface area contributed by atoms with Crippen molar-refractivity contribution in [1.82, 2.24) is 4.57 Å². The number of hydrogen-bond donors (Lipinski definition) is 0. The van der Waals surface area contributed by atoms with E-state index >= 15 is 0 Å². The van der Waals surface area contributed by atoms with E-state index in [-0.39, 0.29) is 11.5 Å². The molecule has 0 aliphatic carbocycles. The second-order valence-electron chi connectivity index (χ2n) is 6.51. The molecule has 0 saturated carbocycles. The molecule has 1 heterocycles. The van der Waals surface area contributed by atoms with Gasteiger partial charge in [-0.15, -0.1) is 0 Å². The third-order valence-corrected chi connectivity index (χ3v) is 5.91. The van der Waals surface area contributed by atoms with Crippen molar-refractivity contribution in [2.45, 2.75) is 23.9 Å². The predicted octanol–water partition coefficient (Wildman–Crippen LogP) is 3.71. The van der Waals surface area contributed by atoms with Gasteiger partial charge in [0.25, 0.3) is 0 Å². The van der Waals surface area contributed by atoms with Crippen LogP contribution in [0.5, 0.6) is 5.75 Å². The highest BCUT2D eigenvalue weighted by atomic mass is 32.2. The molecule has 2 atom stereocenters. The van der Waals surface area contributed by atoms with Gasteiger partial charge in [-0.2, -0.15) is 0 Å². The number of nitrogens with zero attached hydrogens (tertiary/aromatic N) is 1. The number of fused-ring (bicyclic) bond motifs is 1. The molecule has 0 fully saturated rings. The number of halogens is 4. The van der Waals surface area contributed by atoms with E-state index in [1.807, 2.05) is 0 Å². The van der Waals surface area contributed by atoms with E-state index in [9.17, 15) is 31.4 Å². The van der Waals surface area contributed by atoms with Crippen molar-refractivity contribution in [3.05, 3.63) is 69.8 Å². The summed E-state index contributed by atoms with van der Waals surface area (Å²) >= 11 is 0. The zero-order valence-electron chi connectivity index (χ0n) is 16.9. The van der Waals surface area contributed by atoms with E-state index in [1.54, 1.807) is 0 Å². The van der Waals surface area contributed by atoms with Crippen LogP contribution in [0.4, 0.5) is 17.6 Å². The molecule has 1 aromatic heterocycles. The Hall–Kier alpha value is -3.21. The smallest absolute Gasteiger partial charge is 0.343 e. The fraction of sp³-hybridized carbons (Fsp3) is 0.238. The van der Waals surface area contributed by atoms with E-state index in [1.165, 1.54) is 38.3 Å². The molecule has 0 saturated heterocycles. The maximum absolute atomic E-state index is 14.9. The molecule has 0 N–H and O–H groups in total. The van der Waals surface area contributed by atoms with Crippen LogP contribution < -0.4 is 10.2 Å². The minimum absolute atomic E-state index is 0.0898. The van der Waals surface area contributed by atoms with E-state index in [0.29, 0.717) is 16.4 Å². The van der Waals surface area contributed by atoms with Gasteiger partial charge < -0.3 is 14.0 Å². The predicted molar refractivity (Wildman–Crippen MR) is 108 cm³/mol. The molecule has 11 heteroatoms. The number of benzene rings is 2. The molecule has 170 valence electrons. The molecule has 2 unspecified atom stereocenters. The first-order chi connectivity index (χ1) is 15.2. The maximum atomic E-state index is 14.9. The van der Waals surface area contributed by atoms with Crippen molar-refractivity contribution in [3.63, 3.8) is 0 Å². The minimum atomic E-state index is -2.25. The molecule has 0 spiro atoms. The molecule has 6 nitrogen and oxygen atoms in total. The van der Waals surface area contributed by atoms with Crippen LogP contribution >= 0.6 is 0 Å². The van der Waals surface area contributed by atoms with Gasteiger partial charge in [-0.05, 0) is 37.3 Å². The first kappa shape index (κ1) is 23.5. The number of ether oxygens (including phenoxy) is 2. The summed E-state index contributed by atoms with van der Waals surface area (Å²) in [6, 6.07) is 6.08. The number of hydrogen-bond acceptors (Lipinski definition) is 5. The van der Waals surface area contributed by atoms with E-state index < -0.39 is 68.2 Å². The summed E-state index contributed by atoms with van der Waals surface area (Å²) in [6.45, 7) is 0.543. The lowest BCUT2D eigenvalue weighted by molar-refractivity contribution is 0.0524. The van der Waals surface area contributed by atoms with E-state index in [2.05, 4.69) is 0 Å². The zero-order chi connectivity index (χ0) is 23.6. The summed E-state index contributed by atoms with van der Waals surface area (Å²) < 4.78 is 80.1. The first-order valence-corrected chi connectivity index (χ1v) is 10.5. The average molecular weight is 471 g/mol. The lowest BCUT2D eigenvalue weighted by atomic mass is 10.1. The highest BCUT2D eigenvalue weighted by Gasteiger charge is 2.26. The molecule has 3 aromatic rings. The van der Waals surface area contributed by atoms with Crippen LogP contribution in [0, 0.1) is 17.5 Å². The lowest BCUT2D eigenvalue weighted by Gasteiger charge is -2.16. The van der Waals surface area contributed by atoms with Crippen LogP contribution in [0.1, 0.15) is 17.3 Å². The fourth-order valence-corrected chi connectivity index (χ4v) is 4.04. The van der Waals surface area contributed by atoms with Gasteiger partial charge >= 0.3 is 5.97 Å². The highest BCUT2D eigenvalue weighted by Crippen LogP contribution is 2.24. The van der Waals surface area contributed by atoms with Gasteiger partial charge in [0.15, 0.2) is 23.0 Å². The maximum Gasteiger partial charge on any atom is 0.343 e. The molecule has 0 aliphatic rings. The summed E-state index contributed by atoms with van der Waals surface area (Å²) in [6.07, 6.45) is 0.779. The highest BCUT2D eigenvalue weighted by molar-refractivity contribution is 7.85. The number of esters is 1. The summed E-state index contributed by atoms with van der Waals surface area (Å²) in [4.78, 5) is 24.8. The number of carbonyl (C=O) groups excluding carboxylic acids is 1. The third-order valence-electron chi connectivity index (χ3n) is 4.56. The van der Waals surface area contributed by atoms with Gasteiger partial charge in [0, 0.05) is 11.1 Å². The molecular formula is C21H17F4NO5S. The monoisotopic (exact) mass is 471 g/mol. The van der Waals surface area contributed by atoms with Gasteiger partial charge in [0.05, 0.1) is 42.0 Å². The van der Waals surface area contributed by atoms with Crippen LogP contribution in [-0.4, -0.2) is 34.0 Å². The second kappa shape index (κ2) is 9.51. The average Bonchev–Trinajstić information content (AvgIpc) is 2.78. The van der Waals surface area contributed by atoms with Crippen molar-refractivity contribution in [1.29, 1.82) is 0 Å². The van der Waals surface area contributed by atoms with E-state index in [4.69, 9.17) is 9.47 Å². The lowest BCUT2D eigenvalue weighted by Crippen LogP contribution is -2.25. The van der Waals surface area contributed by atoms with Crippen LogP contribution in [0.15, 0.2) is 46.2 Å². The molecule has 0 bridgehead atoms. The Balaban J connectivity index is 2.11. The normalized spacial score (nSPS) is 13.1. The Morgan fingerprint density at radius 2 is 1.81 bits per heavy atom. The Labute approximate surface area is 181 Å². The Morgan fingerprint density at radius 1 is 1.16 bits per heavy atom. The number of methoxy groups -OCH3 is 1. The van der Waals surface area contributed by atoms with Crippen LogP contribution in [0.2, 0.25) is 0 Å². The Kier molecular flexibility index (Phi) is 6.97. The van der Waals surface area contributed by atoms with Crippen LogP contribution in [0.25, 0.3) is 10.9 Å². The van der Waals surface area contributed by atoms with Crippen molar-refractivity contribution in [3.8, 4) is 5.75 Å². The molecule has 3 rings (SSSR count). The molecule has 2 aromatic carbocycles. The largest absolute Gasteiger partial charge is 0.497 e.